The zero-order valence-corrected chi connectivity index (χ0v) is 11.6. The van der Waals surface area contributed by atoms with Gasteiger partial charge in [0.25, 0.3) is 0 Å². The normalized spacial score (nSPS) is 21.2. The van der Waals surface area contributed by atoms with Crippen molar-refractivity contribution in [3.8, 4) is 0 Å². The minimum absolute atomic E-state index is 0.0104. The van der Waals surface area contributed by atoms with E-state index in [4.69, 9.17) is 0 Å². The maximum absolute atomic E-state index is 12.8. The first-order valence-electron chi connectivity index (χ1n) is 5.85. The molecule has 0 aromatic carbocycles. The second-order valence-corrected chi connectivity index (χ2v) is 5.57. The van der Waals surface area contributed by atoms with Gasteiger partial charge in [-0.15, -0.1) is 0 Å². The van der Waals surface area contributed by atoms with Crippen LogP contribution in [0.5, 0.6) is 0 Å². The number of hydrogen-bond acceptors (Lipinski definition) is 2. The van der Waals surface area contributed by atoms with Crippen LogP contribution in [-0.2, 0) is 6.18 Å². The summed E-state index contributed by atoms with van der Waals surface area (Å²) in [7, 11) is 0. The van der Waals surface area contributed by atoms with Crippen LogP contribution in [0.25, 0.3) is 0 Å². The van der Waals surface area contributed by atoms with Gasteiger partial charge in [0, 0.05) is 23.8 Å². The monoisotopic (exact) mass is 322 g/mol. The highest BCUT2D eigenvalue weighted by molar-refractivity contribution is 9.10. The Morgan fingerprint density at radius 3 is 2.78 bits per heavy atom. The second kappa shape index (κ2) is 5.07. The number of halogens is 4. The number of aromatic nitrogens is 1. The zero-order chi connectivity index (χ0) is 13.3. The van der Waals surface area contributed by atoms with Crippen molar-refractivity contribution in [1.29, 1.82) is 0 Å². The van der Waals surface area contributed by atoms with Crippen LogP contribution in [0, 0.1) is 5.92 Å². The topological polar surface area (TPSA) is 16.1 Å². The molecule has 1 saturated heterocycles. The summed E-state index contributed by atoms with van der Waals surface area (Å²) in [6.07, 6.45) is -0.991. The summed E-state index contributed by atoms with van der Waals surface area (Å²) in [6.45, 7) is 3.65. The van der Waals surface area contributed by atoms with Crippen LogP contribution >= 0.6 is 15.9 Å². The van der Waals surface area contributed by atoms with Crippen molar-refractivity contribution in [2.24, 2.45) is 5.92 Å². The molecule has 1 aliphatic rings. The van der Waals surface area contributed by atoms with E-state index in [1.54, 1.807) is 0 Å². The molecule has 0 spiro atoms. The van der Waals surface area contributed by atoms with Crippen LogP contribution in [0.1, 0.15) is 25.3 Å². The molecule has 0 N–H and O–H groups in total. The standard InChI is InChI=1S/C12H14BrF3N2/c1-8-3-2-4-18(7-8)11-5-9(12(14,15)16)10(13)6-17-11/h5-6,8H,2-4,7H2,1H3. The summed E-state index contributed by atoms with van der Waals surface area (Å²) >= 11 is 2.90. The highest BCUT2D eigenvalue weighted by atomic mass is 79.9. The minimum atomic E-state index is -4.35. The molecular formula is C12H14BrF3N2. The summed E-state index contributed by atoms with van der Waals surface area (Å²) in [4.78, 5) is 6.02. The number of piperidine rings is 1. The minimum Gasteiger partial charge on any atom is -0.356 e. The first-order chi connectivity index (χ1) is 8.38. The lowest BCUT2D eigenvalue weighted by atomic mass is 10.0. The van der Waals surface area contributed by atoms with E-state index in [9.17, 15) is 13.2 Å². The van der Waals surface area contributed by atoms with E-state index in [0.717, 1.165) is 32.0 Å². The van der Waals surface area contributed by atoms with E-state index in [1.165, 1.54) is 6.20 Å². The van der Waals surface area contributed by atoms with Gasteiger partial charge in [-0.05, 0) is 40.8 Å². The molecule has 0 amide bonds. The Hall–Kier alpha value is -0.780. The Kier molecular flexibility index (Phi) is 3.84. The average molecular weight is 323 g/mol. The van der Waals surface area contributed by atoms with Crippen molar-refractivity contribution in [1.82, 2.24) is 4.98 Å². The molecule has 0 radical (unpaired) electrons. The summed E-state index contributed by atoms with van der Waals surface area (Å²) in [6, 6.07) is 1.13. The van der Waals surface area contributed by atoms with Gasteiger partial charge in [0.1, 0.15) is 5.82 Å². The molecule has 2 heterocycles. The summed E-state index contributed by atoms with van der Waals surface area (Å²) in [5, 5.41) is 0. The zero-order valence-electron chi connectivity index (χ0n) is 9.97. The molecular weight excluding hydrogens is 309 g/mol. The van der Waals surface area contributed by atoms with Gasteiger partial charge < -0.3 is 4.90 Å². The molecule has 100 valence electrons. The third-order valence-electron chi connectivity index (χ3n) is 3.13. The van der Waals surface area contributed by atoms with Crippen LogP contribution in [0.4, 0.5) is 19.0 Å². The van der Waals surface area contributed by atoms with Crippen molar-refractivity contribution < 1.29 is 13.2 Å². The maximum atomic E-state index is 12.8. The highest BCUT2D eigenvalue weighted by Crippen LogP contribution is 2.36. The van der Waals surface area contributed by atoms with Gasteiger partial charge in [0.15, 0.2) is 0 Å². The molecule has 18 heavy (non-hydrogen) atoms. The Morgan fingerprint density at radius 1 is 1.44 bits per heavy atom. The fourth-order valence-corrected chi connectivity index (χ4v) is 2.66. The van der Waals surface area contributed by atoms with Crippen LogP contribution in [0.3, 0.4) is 0 Å². The molecule has 0 bridgehead atoms. The molecule has 6 heteroatoms. The van der Waals surface area contributed by atoms with Gasteiger partial charge >= 0.3 is 6.18 Å². The van der Waals surface area contributed by atoms with Crippen LogP contribution < -0.4 is 4.90 Å². The predicted molar refractivity (Wildman–Crippen MR) is 67.6 cm³/mol. The molecule has 1 aromatic rings. The van der Waals surface area contributed by atoms with Crippen molar-refractivity contribution >= 4 is 21.7 Å². The molecule has 0 saturated carbocycles. The molecule has 1 atom stereocenters. The quantitative estimate of drug-likeness (QED) is 0.773. The summed E-state index contributed by atoms with van der Waals surface area (Å²) in [5.74, 6) is 0.913. The van der Waals surface area contributed by atoms with E-state index in [2.05, 4.69) is 27.8 Å². The SMILES string of the molecule is CC1CCCN(c2cc(C(F)(F)F)c(Br)cn2)C1. The van der Waals surface area contributed by atoms with E-state index in [0.29, 0.717) is 11.7 Å². The molecule has 1 aromatic heterocycles. The Morgan fingerprint density at radius 2 is 2.17 bits per heavy atom. The summed E-state index contributed by atoms with van der Waals surface area (Å²) in [5.41, 5.74) is -0.661. The van der Waals surface area contributed by atoms with Gasteiger partial charge in [0.05, 0.1) is 5.56 Å². The fourth-order valence-electron chi connectivity index (χ4n) is 2.22. The lowest BCUT2D eigenvalue weighted by Crippen LogP contribution is -2.35. The lowest BCUT2D eigenvalue weighted by Gasteiger charge is -2.32. The number of alkyl halides is 3. The van der Waals surface area contributed by atoms with E-state index < -0.39 is 11.7 Å². The largest absolute Gasteiger partial charge is 0.417 e. The van der Waals surface area contributed by atoms with Gasteiger partial charge in [0.2, 0.25) is 0 Å². The first-order valence-corrected chi connectivity index (χ1v) is 6.65. The van der Waals surface area contributed by atoms with Crippen LogP contribution in [0.2, 0.25) is 0 Å². The van der Waals surface area contributed by atoms with Crippen LogP contribution in [-0.4, -0.2) is 18.1 Å². The van der Waals surface area contributed by atoms with Crippen molar-refractivity contribution in [2.75, 3.05) is 18.0 Å². The average Bonchev–Trinajstić information content (AvgIpc) is 2.28. The van der Waals surface area contributed by atoms with Crippen molar-refractivity contribution in [3.05, 3.63) is 22.3 Å². The van der Waals surface area contributed by atoms with Gasteiger partial charge in [-0.25, -0.2) is 4.98 Å². The van der Waals surface area contributed by atoms with E-state index >= 15 is 0 Å². The molecule has 1 unspecified atom stereocenters. The highest BCUT2D eigenvalue weighted by Gasteiger charge is 2.34. The molecule has 2 nitrogen and oxygen atoms in total. The predicted octanol–water partition coefficient (Wildman–Crippen LogP) is 4.10. The van der Waals surface area contributed by atoms with E-state index in [1.807, 2.05) is 4.90 Å². The lowest BCUT2D eigenvalue weighted by molar-refractivity contribution is -0.138. The van der Waals surface area contributed by atoms with Gasteiger partial charge in [-0.1, -0.05) is 6.92 Å². The number of nitrogens with zero attached hydrogens (tertiary/aromatic N) is 2. The third kappa shape index (κ3) is 2.96. The van der Waals surface area contributed by atoms with Gasteiger partial charge in [-0.2, -0.15) is 13.2 Å². The summed E-state index contributed by atoms with van der Waals surface area (Å²) < 4.78 is 38.4. The third-order valence-corrected chi connectivity index (χ3v) is 3.76. The second-order valence-electron chi connectivity index (χ2n) is 4.71. The maximum Gasteiger partial charge on any atom is 0.417 e. The number of rotatable bonds is 1. The fraction of sp³-hybridized carbons (Fsp3) is 0.583. The smallest absolute Gasteiger partial charge is 0.356 e. The molecule has 1 fully saturated rings. The Balaban J connectivity index is 2.29. The van der Waals surface area contributed by atoms with Crippen LogP contribution in [0.15, 0.2) is 16.7 Å². The Labute approximate surface area is 112 Å². The molecule has 0 aliphatic carbocycles. The molecule has 1 aliphatic heterocycles. The number of hydrogen-bond donors (Lipinski definition) is 0. The van der Waals surface area contributed by atoms with Crippen molar-refractivity contribution in [3.63, 3.8) is 0 Å². The van der Waals surface area contributed by atoms with Gasteiger partial charge in [-0.3, -0.25) is 0 Å². The number of pyridine rings is 1. The van der Waals surface area contributed by atoms with Crippen molar-refractivity contribution in [2.45, 2.75) is 25.9 Å². The first kappa shape index (κ1) is 13.6. The van der Waals surface area contributed by atoms with E-state index in [-0.39, 0.29) is 4.47 Å². The molecule has 2 rings (SSSR count). The number of anilines is 1. The Bertz CT molecular complexity index is 434.